The molecule has 0 aliphatic heterocycles. The average Bonchev–Trinajstić information content (AvgIpc) is 2.88. The topological polar surface area (TPSA) is 119 Å². The van der Waals surface area contributed by atoms with Crippen LogP contribution in [0.25, 0.3) is 0 Å². The number of methoxy groups -OCH3 is 2. The molecule has 0 atom stereocenters. The fraction of sp³-hybridized carbons (Fsp3) is 0.160. The van der Waals surface area contributed by atoms with E-state index in [-0.39, 0.29) is 37.4 Å². The molecule has 3 rings (SSSR count). The molecule has 3 aromatic carbocycles. The number of anilines is 2. The predicted octanol–water partition coefficient (Wildman–Crippen LogP) is 4.71. The number of nitrogens with one attached hydrogen (secondary N) is 1. The molecule has 9 nitrogen and oxygen atoms in total. The minimum absolute atomic E-state index is 0.0265. The van der Waals surface area contributed by atoms with Gasteiger partial charge < -0.3 is 14.8 Å². The molecule has 12 heteroatoms. The summed E-state index contributed by atoms with van der Waals surface area (Å²) >= 11 is 12.4. The summed E-state index contributed by atoms with van der Waals surface area (Å²) in [5.41, 5.74) is 0.723. The van der Waals surface area contributed by atoms with Crippen LogP contribution in [0.4, 0.5) is 11.4 Å². The highest BCUT2D eigenvalue weighted by Gasteiger charge is 2.30. The van der Waals surface area contributed by atoms with E-state index in [1.807, 2.05) is 0 Å². The van der Waals surface area contributed by atoms with E-state index < -0.39 is 34.4 Å². The molecule has 0 spiro atoms. The van der Waals surface area contributed by atoms with E-state index in [9.17, 15) is 22.8 Å². The molecule has 0 radical (unpaired) electrons. The molecule has 0 saturated heterocycles. The van der Waals surface area contributed by atoms with Gasteiger partial charge in [0.2, 0.25) is 5.91 Å². The van der Waals surface area contributed by atoms with E-state index in [4.69, 9.17) is 27.9 Å². The number of amides is 1. The number of sulfonamides is 1. The van der Waals surface area contributed by atoms with Gasteiger partial charge in [0.25, 0.3) is 10.0 Å². The van der Waals surface area contributed by atoms with Crippen molar-refractivity contribution in [1.29, 1.82) is 0 Å². The van der Waals surface area contributed by atoms with Crippen LogP contribution in [0.2, 0.25) is 10.0 Å². The SMILES string of the molecule is COC(=O)c1ccc(C(=O)OC)c(NC(=O)CN(c2cccc(Cl)c2Cl)S(=O)(=O)c2ccc(C)cc2)c1. The van der Waals surface area contributed by atoms with Crippen LogP contribution in [0, 0.1) is 6.92 Å². The fourth-order valence-electron chi connectivity index (χ4n) is 3.32. The number of halogens is 2. The number of esters is 2. The molecule has 0 fully saturated rings. The van der Waals surface area contributed by atoms with Crippen LogP contribution in [0.3, 0.4) is 0 Å². The molecule has 0 aromatic heterocycles. The molecule has 3 aromatic rings. The largest absolute Gasteiger partial charge is 0.465 e. The van der Waals surface area contributed by atoms with Gasteiger partial charge in [-0.05, 0) is 49.4 Å². The molecule has 1 N–H and O–H groups in total. The molecule has 1 amide bonds. The Morgan fingerprint density at radius 1 is 0.919 bits per heavy atom. The summed E-state index contributed by atoms with van der Waals surface area (Å²) in [6.45, 7) is 1.07. The third-order valence-corrected chi connectivity index (χ3v) is 7.80. The Morgan fingerprint density at radius 2 is 1.57 bits per heavy atom. The molecule has 37 heavy (non-hydrogen) atoms. The molecular formula is C25H22Cl2N2O7S. The second-order valence-electron chi connectivity index (χ2n) is 7.69. The number of ether oxygens (including phenoxy) is 2. The van der Waals surface area contributed by atoms with Gasteiger partial charge in [0.05, 0.1) is 51.7 Å². The highest BCUT2D eigenvalue weighted by molar-refractivity contribution is 7.92. The van der Waals surface area contributed by atoms with Crippen LogP contribution in [0.15, 0.2) is 65.6 Å². The molecule has 0 heterocycles. The van der Waals surface area contributed by atoms with Gasteiger partial charge in [-0.25, -0.2) is 18.0 Å². The maximum absolute atomic E-state index is 13.6. The van der Waals surface area contributed by atoms with E-state index in [0.29, 0.717) is 0 Å². The number of hydrogen-bond donors (Lipinski definition) is 1. The molecule has 0 bridgehead atoms. The first kappa shape index (κ1) is 28.0. The third-order valence-electron chi connectivity index (χ3n) is 5.22. The number of nitrogens with zero attached hydrogens (tertiary/aromatic N) is 1. The molecule has 0 saturated carbocycles. The van der Waals surface area contributed by atoms with Crippen molar-refractivity contribution < 1.29 is 32.3 Å². The quantitative estimate of drug-likeness (QED) is 0.393. The van der Waals surface area contributed by atoms with Crippen LogP contribution in [0.1, 0.15) is 26.3 Å². The highest BCUT2D eigenvalue weighted by atomic mass is 35.5. The van der Waals surface area contributed by atoms with E-state index in [1.165, 1.54) is 55.6 Å². The number of aryl methyl sites for hydroxylation is 1. The third kappa shape index (κ3) is 6.22. The summed E-state index contributed by atoms with van der Waals surface area (Å²) in [5.74, 6) is -2.33. The minimum Gasteiger partial charge on any atom is -0.465 e. The van der Waals surface area contributed by atoms with Crippen molar-refractivity contribution in [3.63, 3.8) is 0 Å². The predicted molar refractivity (Wildman–Crippen MR) is 140 cm³/mol. The summed E-state index contributed by atoms with van der Waals surface area (Å²) in [7, 11) is -1.96. The summed E-state index contributed by atoms with van der Waals surface area (Å²) < 4.78 is 37.5. The molecular weight excluding hydrogens is 543 g/mol. The van der Waals surface area contributed by atoms with Gasteiger partial charge in [-0.15, -0.1) is 0 Å². The normalized spacial score (nSPS) is 10.9. The lowest BCUT2D eigenvalue weighted by Crippen LogP contribution is -2.38. The Labute approximate surface area is 223 Å². The first-order valence-electron chi connectivity index (χ1n) is 10.6. The van der Waals surface area contributed by atoms with E-state index in [1.54, 1.807) is 19.1 Å². The number of carbonyl (C=O) groups is 3. The van der Waals surface area contributed by atoms with Crippen molar-refractivity contribution in [2.75, 3.05) is 30.4 Å². The Kier molecular flexibility index (Phi) is 8.80. The maximum Gasteiger partial charge on any atom is 0.339 e. The Hall–Kier alpha value is -3.60. The summed E-state index contributed by atoms with van der Waals surface area (Å²) in [6, 6.07) is 14.3. The zero-order valence-electron chi connectivity index (χ0n) is 19.9. The highest BCUT2D eigenvalue weighted by Crippen LogP contribution is 2.35. The van der Waals surface area contributed by atoms with Gasteiger partial charge in [-0.3, -0.25) is 9.10 Å². The summed E-state index contributed by atoms with van der Waals surface area (Å²) in [4.78, 5) is 37.3. The molecule has 194 valence electrons. The van der Waals surface area contributed by atoms with Crippen LogP contribution in [-0.4, -0.2) is 47.0 Å². The van der Waals surface area contributed by atoms with E-state index in [2.05, 4.69) is 10.1 Å². The van der Waals surface area contributed by atoms with Crippen molar-refractivity contribution in [3.8, 4) is 0 Å². The number of rotatable bonds is 8. The van der Waals surface area contributed by atoms with Gasteiger partial charge >= 0.3 is 11.9 Å². The lowest BCUT2D eigenvalue weighted by molar-refractivity contribution is -0.114. The van der Waals surface area contributed by atoms with Crippen molar-refractivity contribution in [2.45, 2.75) is 11.8 Å². The van der Waals surface area contributed by atoms with Crippen molar-refractivity contribution >= 4 is 62.4 Å². The number of carbonyl (C=O) groups excluding carboxylic acids is 3. The molecule has 0 aliphatic rings. The molecule has 0 unspecified atom stereocenters. The monoisotopic (exact) mass is 564 g/mol. The van der Waals surface area contributed by atoms with Crippen molar-refractivity contribution in [3.05, 3.63) is 87.4 Å². The van der Waals surface area contributed by atoms with Gasteiger partial charge in [-0.1, -0.05) is 47.0 Å². The number of benzene rings is 3. The second-order valence-corrected chi connectivity index (χ2v) is 10.3. The van der Waals surface area contributed by atoms with E-state index >= 15 is 0 Å². The first-order chi connectivity index (χ1) is 17.5. The van der Waals surface area contributed by atoms with Crippen LogP contribution in [0.5, 0.6) is 0 Å². The lowest BCUT2D eigenvalue weighted by atomic mass is 10.1. The number of hydrogen-bond acceptors (Lipinski definition) is 7. The van der Waals surface area contributed by atoms with Crippen LogP contribution >= 0.6 is 23.2 Å². The Balaban J connectivity index is 2.05. The zero-order chi connectivity index (χ0) is 27.3. The zero-order valence-corrected chi connectivity index (χ0v) is 22.3. The average molecular weight is 565 g/mol. The standard InChI is InChI=1S/C25H22Cl2N2O7S/c1-15-7-10-17(11-8-15)37(33,34)29(21-6-4-5-19(26)23(21)27)14-22(30)28-20-13-16(24(31)35-2)9-12-18(20)25(32)36-3/h4-13H,14H2,1-3H3,(H,28,30). The Bertz CT molecular complexity index is 1460. The van der Waals surface area contributed by atoms with Crippen molar-refractivity contribution in [1.82, 2.24) is 0 Å². The second kappa shape index (κ2) is 11.6. The van der Waals surface area contributed by atoms with Gasteiger partial charge in [0.15, 0.2) is 0 Å². The van der Waals surface area contributed by atoms with Crippen LogP contribution in [-0.2, 0) is 24.3 Å². The fourth-order valence-corrected chi connectivity index (χ4v) is 5.20. The van der Waals surface area contributed by atoms with Gasteiger partial charge in [-0.2, -0.15) is 0 Å². The molecule has 0 aliphatic carbocycles. The lowest BCUT2D eigenvalue weighted by Gasteiger charge is -2.25. The van der Waals surface area contributed by atoms with Crippen LogP contribution < -0.4 is 9.62 Å². The minimum atomic E-state index is -4.29. The smallest absolute Gasteiger partial charge is 0.339 e. The first-order valence-corrected chi connectivity index (χ1v) is 12.8. The van der Waals surface area contributed by atoms with E-state index in [0.717, 1.165) is 17.0 Å². The Morgan fingerprint density at radius 3 is 2.19 bits per heavy atom. The van der Waals surface area contributed by atoms with Gasteiger partial charge in [0, 0.05) is 0 Å². The summed E-state index contributed by atoms with van der Waals surface area (Å²) in [5, 5.41) is 2.49. The van der Waals surface area contributed by atoms with Crippen molar-refractivity contribution in [2.24, 2.45) is 0 Å². The summed E-state index contributed by atoms with van der Waals surface area (Å²) in [6.07, 6.45) is 0. The van der Waals surface area contributed by atoms with Gasteiger partial charge in [0.1, 0.15) is 6.54 Å². The maximum atomic E-state index is 13.6.